The van der Waals surface area contributed by atoms with Gasteiger partial charge in [-0.05, 0) is 63.8 Å². The average Bonchev–Trinajstić information content (AvgIpc) is 3.44. The lowest BCUT2D eigenvalue weighted by atomic mass is 9.72. The predicted octanol–water partition coefficient (Wildman–Crippen LogP) is -1.17. The fourth-order valence-corrected chi connectivity index (χ4v) is 8.07. The number of aliphatic hydroxyl groups excluding tert-OH is 1. The Labute approximate surface area is 262 Å². The summed E-state index contributed by atoms with van der Waals surface area (Å²) in [5.41, 5.74) is 0. The normalized spacial score (nSPS) is 39.3. The first-order valence-corrected chi connectivity index (χ1v) is 17.3. The fraction of sp³-hybridized carbons (Fsp3) is 0.935. The summed E-state index contributed by atoms with van der Waals surface area (Å²) in [5.74, 6) is 1.16. The highest BCUT2D eigenvalue weighted by Gasteiger charge is 2.40. The highest BCUT2D eigenvalue weighted by molar-refractivity contribution is 5.82. The number of nitrogens with one attached hydrogen (secondary N) is 6. The maximum Gasteiger partial charge on any atom is 0.237 e. The first-order valence-electron chi connectivity index (χ1n) is 17.3. The second kappa shape index (κ2) is 15.0. The van der Waals surface area contributed by atoms with E-state index in [0.717, 1.165) is 58.2 Å². The third-order valence-corrected chi connectivity index (χ3v) is 11.0. The van der Waals surface area contributed by atoms with Crippen molar-refractivity contribution in [1.82, 2.24) is 41.7 Å². The van der Waals surface area contributed by atoms with Crippen molar-refractivity contribution in [2.75, 3.05) is 52.6 Å². The summed E-state index contributed by atoms with van der Waals surface area (Å²) in [6.45, 7) is 9.51. The Morgan fingerprint density at radius 3 is 2.61 bits per heavy atom. The zero-order valence-electron chi connectivity index (χ0n) is 26.6. The zero-order chi connectivity index (χ0) is 30.6. The van der Waals surface area contributed by atoms with Gasteiger partial charge in [-0.1, -0.05) is 6.42 Å². The van der Waals surface area contributed by atoms with Gasteiger partial charge in [0.1, 0.15) is 6.29 Å². The first kappa shape index (κ1) is 32.5. The molecular weight excluding hydrogens is 564 g/mol. The van der Waals surface area contributed by atoms with Crippen LogP contribution in [0.25, 0.3) is 0 Å². The van der Waals surface area contributed by atoms with Crippen molar-refractivity contribution in [2.24, 2.45) is 11.8 Å². The summed E-state index contributed by atoms with van der Waals surface area (Å²) >= 11 is 0. The highest BCUT2D eigenvalue weighted by Crippen LogP contribution is 2.37. The molecule has 250 valence electrons. The lowest BCUT2D eigenvalue weighted by Crippen LogP contribution is -2.73. The van der Waals surface area contributed by atoms with Crippen molar-refractivity contribution in [3.05, 3.63) is 0 Å². The van der Waals surface area contributed by atoms with Crippen LogP contribution in [0, 0.1) is 11.8 Å². The van der Waals surface area contributed by atoms with Gasteiger partial charge in [0.05, 0.1) is 43.9 Å². The van der Waals surface area contributed by atoms with Gasteiger partial charge in [0.2, 0.25) is 11.8 Å². The quantitative estimate of drug-likeness (QED) is 0.158. The Morgan fingerprint density at radius 1 is 1.05 bits per heavy atom. The standard InChI is InChI=1S/C31H56N8O5/c1-19-28(44-18-34-19)17-43-24-7-6-21-11-25(32-13-22(21)10-24)27(41)14-33-30(42)26-12-29(35-23-15-39(16-23)20(2)40)37-31(36-26)38-8-4-3-5-9-38/h19,21-29,31-32,34-37,41H,3-18H2,1-2H3,(H,33,42)/t19?,21?,22?,24?,25-,26?,27+,28?,29?,31?/m0/s1. The molecule has 2 amide bonds. The monoisotopic (exact) mass is 620 g/mol. The van der Waals surface area contributed by atoms with Gasteiger partial charge in [0.15, 0.2) is 0 Å². The van der Waals surface area contributed by atoms with Gasteiger partial charge in [-0.25, -0.2) is 0 Å². The fourth-order valence-electron chi connectivity index (χ4n) is 8.07. The number of aliphatic hydroxyl groups is 1. The van der Waals surface area contributed by atoms with E-state index in [1.807, 2.05) is 4.90 Å². The molecule has 1 aliphatic carbocycles. The van der Waals surface area contributed by atoms with E-state index < -0.39 is 6.10 Å². The van der Waals surface area contributed by atoms with Gasteiger partial charge in [-0.15, -0.1) is 0 Å². The zero-order valence-corrected chi connectivity index (χ0v) is 26.6. The Bertz CT molecular complexity index is 965. The number of likely N-dealkylation sites (tertiary alicyclic amines) is 2. The van der Waals surface area contributed by atoms with E-state index in [-0.39, 0.29) is 61.1 Å². The van der Waals surface area contributed by atoms with Crippen LogP contribution in [-0.2, 0) is 19.1 Å². The highest BCUT2D eigenvalue weighted by atomic mass is 16.5. The summed E-state index contributed by atoms with van der Waals surface area (Å²) in [7, 11) is 0. The molecule has 8 unspecified atom stereocenters. The molecule has 5 heterocycles. The number of carbonyl (C=O) groups is 2. The summed E-state index contributed by atoms with van der Waals surface area (Å²) in [4.78, 5) is 29.3. The topological polar surface area (TPSA) is 151 Å². The van der Waals surface area contributed by atoms with E-state index in [9.17, 15) is 14.7 Å². The Morgan fingerprint density at radius 2 is 1.86 bits per heavy atom. The molecule has 6 fully saturated rings. The predicted molar refractivity (Wildman–Crippen MR) is 165 cm³/mol. The van der Waals surface area contributed by atoms with Crippen LogP contribution < -0.4 is 31.9 Å². The van der Waals surface area contributed by atoms with Crippen LogP contribution in [0.3, 0.4) is 0 Å². The van der Waals surface area contributed by atoms with Crippen molar-refractivity contribution in [3.8, 4) is 0 Å². The largest absolute Gasteiger partial charge is 0.390 e. The molecule has 0 bridgehead atoms. The van der Waals surface area contributed by atoms with Crippen molar-refractivity contribution < 1.29 is 24.2 Å². The van der Waals surface area contributed by atoms with Crippen LogP contribution in [0.4, 0.5) is 0 Å². The molecule has 0 aromatic rings. The van der Waals surface area contributed by atoms with E-state index in [0.29, 0.717) is 50.7 Å². The van der Waals surface area contributed by atoms with E-state index >= 15 is 0 Å². The molecule has 7 N–H and O–H groups in total. The SMILES string of the molecule is CC(=O)N1CC(NC2CC(C(=O)NC[C@@H](O)[C@@H]3CC4CCC(OCC5OCNC5C)CC4CN3)NC(N3CCCCC3)N2)C1. The molecular formula is C31H56N8O5. The van der Waals surface area contributed by atoms with Crippen molar-refractivity contribution >= 4 is 11.8 Å². The molecule has 1 saturated carbocycles. The molecule has 6 rings (SSSR count). The number of amides is 2. The lowest BCUT2D eigenvalue weighted by molar-refractivity contribution is -0.133. The maximum atomic E-state index is 13.5. The Kier molecular flexibility index (Phi) is 11.1. The lowest BCUT2D eigenvalue weighted by Gasteiger charge is -2.47. The molecule has 13 nitrogen and oxygen atoms in total. The van der Waals surface area contributed by atoms with Crippen molar-refractivity contribution in [3.63, 3.8) is 0 Å². The summed E-state index contributed by atoms with van der Waals surface area (Å²) < 4.78 is 12.0. The third-order valence-electron chi connectivity index (χ3n) is 11.0. The van der Waals surface area contributed by atoms with Crippen LogP contribution in [0.1, 0.15) is 65.2 Å². The molecule has 0 spiro atoms. The minimum atomic E-state index is -0.636. The molecule has 0 aromatic carbocycles. The molecule has 13 heteroatoms. The Hall–Kier alpha value is -1.42. The van der Waals surface area contributed by atoms with Gasteiger partial charge in [0.25, 0.3) is 0 Å². The average molecular weight is 621 g/mol. The van der Waals surface area contributed by atoms with Crippen molar-refractivity contribution in [2.45, 2.75) is 120 Å². The summed E-state index contributed by atoms with van der Waals surface area (Å²) in [6.07, 6.45) is 7.95. The van der Waals surface area contributed by atoms with Gasteiger partial charge >= 0.3 is 0 Å². The number of fused-ring (bicyclic) bond motifs is 1. The molecule has 44 heavy (non-hydrogen) atoms. The van der Waals surface area contributed by atoms with E-state index in [1.54, 1.807) is 6.92 Å². The van der Waals surface area contributed by atoms with Crippen LogP contribution >= 0.6 is 0 Å². The number of piperidine rings is 2. The molecule has 6 aliphatic rings. The van der Waals surface area contributed by atoms with Gasteiger partial charge in [0, 0.05) is 64.2 Å². The maximum absolute atomic E-state index is 13.5. The van der Waals surface area contributed by atoms with Crippen LogP contribution in [0.15, 0.2) is 0 Å². The number of hydrogen-bond acceptors (Lipinski definition) is 11. The second-order valence-electron chi connectivity index (χ2n) is 14.2. The van der Waals surface area contributed by atoms with Gasteiger partial charge < -0.3 is 30.1 Å². The minimum Gasteiger partial charge on any atom is -0.390 e. The Balaban J connectivity index is 0.949. The number of rotatable bonds is 10. The van der Waals surface area contributed by atoms with E-state index in [2.05, 4.69) is 43.7 Å². The number of ether oxygens (including phenoxy) is 2. The third kappa shape index (κ3) is 8.10. The molecule has 10 atom stereocenters. The number of carbonyl (C=O) groups excluding carboxylic acids is 2. The molecule has 5 aliphatic heterocycles. The first-order chi connectivity index (χ1) is 21.3. The van der Waals surface area contributed by atoms with Crippen LogP contribution in [0.2, 0.25) is 0 Å². The smallest absolute Gasteiger partial charge is 0.237 e. The second-order valence-corrected chi connectivity index (χ2v) is 14.2. The van der Waals surface area contributed by atoms with Gasteiger partial charge in [-0.2, -0.15) is 0 Å². The summed E-state index contributed by atoms with van der Waals surface area (Å²) in [5, 5.41) is 31.9. The van der Waals surface area contributed by atoms with E-state index in [4.69, 9.17) is 9.47 Å². The molecule has 0 radical (unpaired) electrons. The van der Waals surface area contributed by atoms with Crippen molar-refractivity contribution in [1.29, 1.82) is 0 Å². The van der Waals surface area contributed by atoms with Crippen LogP contribution in [-0.4, -0.2) is 134 Å². The van der Waals surface area contributed by atoms with Crippen LogP contribution in [0.5, 0.6) is 0 Å². The molecule has 5 saturated heterocycles. The molecule has 0 aromatic heterocycles. The minimum absolute atomic E-state index is 0.0211. The van der Waals surface area contributed by atoms with Gasteiger partial charge in [-0.3, -0.25) is 35.8 Å². The summed E-state index contributed by atoms with van der Waals surface area (Å²) in [6, 6.07) is 0.168. The number of hydrogen-bond donors (Lipinski definition) is 7. The number of nitrogens with zero attached hydrogens (tertiary/aromatic N) is 2. The van der Waals surface area contributed by atoms with E-state index in [1.165, 1.54) is 6.42 Å².